The average molecular weight is 438 g/mol. The number of thiophene rings is 1. The Balaban J connectivity index is 1.55. The number of hydrogen-bond acceptors (Lipinski definition) is 6. The van der Waals surface area contributed by atoms with E-state index in [-0.39, 0.29) is 15.6 Å². The number of aromatic nitrogens is 1. The van der Waals surface area contributed by atoms with E-state index in [4.69, 9.17) is 0 Å². The summed E-state index contributed by atoms with van der Waals surface area (Å²) in [5.41, 5.74) is 1.14. The molecule has 1 aliphatic rings. The fraction of sp³-hybridized carbons (Fsp3) is 0.222. The summed E-state index contributed by atoms with van der Waals surface area (Å²) >= 11 is 2.27. The highest BCUT2D eigenvalue weighted by atomic mass is 32.2. The predicted octanol–water partition coefficient (Wildman–Crippen LogP) is 4.05. The molecule has 0 saturated carbocycles. The molecule has 0 aliphatic carbocycles. The van der Waals surface area contributed by atoms with Gasteiger partial charge in [0.25, 0.3) is 5.91 Å². The van der Waals surface area contributed by atoms with E-state index in [1.807, 2.05) is 0 Å². The van der Waals surface area contributed by atoms with E-state index in [2.05, 4.69) is 10.3 Å². The molecule has 0 unspecified atom stereocenters. The summed E-state index contributed by atoms with van der Waals surface area (Å²) in [6, 6.07) is 7.48. The van der Waals surface area contributed by atoms with Gasteiger partial charge in [-0.15, -0.1) is 22.7 Å². The maximum Gasteiger partial charge on any atom is 0.268 e. The monoisotopic (exact) mass is 437 g/mol. The number of amides is 1. The van der Waals surface area contributed by atoms with Crippen molar-refractivity contribution in [2.45, 2.75) is 17.7 Å². The summed E-state index contributed by atoms with van der Waals surface area (Å²) in [4.78, 5) is 17.1. The third-order valence-electron chi connectivity index (χ3n) is 4.36. The number of halogens is 1. The zero-order valence-electron chi connectivity index (χ0n) is 14.6. The van der Waals surface area contributed by atoms with E-state index in [9.17, 15) is 17.6 Å². The summed E-state index contributed by atoms with van der Waals surface area (Å²) in [5.74, 6) is -0.889. The van der Waals surface area contributed by atoms with Crippen molar-refractivity contribution in [2.24, 2.45) is 0 Å². The minimum atomic E-state index is -3.68. The molecule has 3 heterocycles. The molecule has 10 heteroatoms. The first-order valence-electron chi connectivity index (χ1n) is 8.55. The molecule has 0 radical (unpaired) electrons. The van der Waals surface area contributed by atoms with Crippen LogP contribution in [0.25, 0.3) is 11.3 Å². The third-order valence-corrected chi connectivity index (χ3v) is 8.10. The van der Waals surface area contributed by atoms with Crippen LogP contribution in [0.1, 0.15) is 22.5 Å². The second kappa shape index (κ2) is 7.70. The van der Waals surface area contributed by atoms with Crippen LogP contribution in [-0.2, 0) is 10.0 Å². The summed E-state index contributed by atoms with van der Waals surface area (Å²) in [6.07, 6.45) is 1.65. The van der Waals surface area contributed by atoms with Gasteiger partial charge in [0.2, 0.25) is 10.0 Å². The van der Waals surface area contributed by atoms with E-state index in [0.29, 0.717) is 29.5 Å². The van der Waals surface area contributed by atoms with E-state index in [0.717, 1.165) is 24.2 Å². The first-order chi connectivity index (χ1) is 13.4. The number of thiazole rings is 1. The van der Waals surface area contributed by atoms with E-state index in [1.165, 1.54) is 33.8 Å². The molecule has 0 spiro atoms. The number of benzene rings is 1. The zero-order valence-corrected chi connectivity index (χ0v) is 17.0. The molecule has 4 rings (SSSR count). The largest absolute Gasteiger partial charge is 0.297 e. The number of nitrogens with zero attached hydrogens (tertiary/aromatic N) is 2. The van der Waals surface area contributed by atoms with Gasteiger partial charge >= 0.3 is 0 Å². The molecule has 28 heavy (non-hydrogen) atoms. The normalized spacial score (nSPS) is 15.0. The summed E-state index contributed by atoms with van der Waals surface area (Å²) < 4.78 is 40.4. The Morgan fingerprint density at radius 2 is 1.96 bits per heavy atom. The molecular weight excluding hydrogens is 421 g/mol. The Kier molecular flexibility index (Phi) is 5.28. The van der Waals surface area contributed by atoms with Crippen molar-refractivity contribution in [2.75, 3.05) is 18.4 Å². The molecule has 3 aromatic rings. The first-order valence-corrected chi connectivity index (χ1v) is 11.8. The number of carbonyl (C=O) groups excluding carboxylic acids is 1. The van der Waals surface area contributed by atoms with Crippen molar-refractivity contribution in [1.82, 2.24) is 9.29 Å². The number of carbonyl (C=O) groups is 1. The highest BCUT2D eigenvalue weighted by molar-refractivity contribution is 7.89. The van der Waals surface area contributed by atoms with Gasteiger partial charge in [-0.3, -0.25) is 10.1 Å². The van der Waals surface area contributed by atoms with Crippen molar-refractivity contribution in [1.29, 1.82) is 0 Å². The zero-order chi connectivity index (χ0) is 19.7. The molecule has 1 saturated heterocycles. The Bertz CT molecular complexity index is 1120. The molecule has 1 N–H and O–H groups in total. The van der Waals surface area contributed by atoms with Crippen LogP contribution >= 0.6 is 22.7 Å². The second-order valence-electron chi connectivity index (χ2n) is 6.23. The topological polar surface area (TPSA) is 79.4 Å². The fourth-order valence-corrected chi connectivity index (χ4v) is 6.53. The lowest BCUT2D eigenvalue weighted by atomic mass is 10.2. The van der Waals surface area contributed by atoms with Crippen LogP contribution in [0.15, 0.2) is 46.0 Å². The molecule has 1 aromatic carbocycles. The maximum atomic E-state index is 13.4. The molecule has 1 fully saturated rings. The van der Waals surface area contributed by atoms with Crippen molar-refractivity contribution >= 4 is 43.7 Å². The minimum absolute atomic E-state index is 0.0267. The quantitative estimate of drug-likeness (QED) is 0.653. The van der Waals surface area contributed by atoms with E-state index in [1.54, 1.807) is 22.9 Å². The van der Waals surface area contributed by atoms with Crippen molar-refractivity contribution in [3.63, 3.8) is 0 Å². The van der Waals surface area contributed by atoms with Gasteiger partial charge in [-0.05, 0) is 36.4 Å². The maximum absolute atomic E-state index is 13.4. The van der Waals surface area contributed by atoms with Gasteiger partial charge in [-0.25, -0.2) is 17.8 Å². The van der Waals surface area contributed by atoms with Crippen molar-refractivity contribution in [3.05, 3.63) is 51.8 Å². The van der Waals surface area contributed by atoms with Crippen molar-refractivity contribution < 1.29 is 17.6 Å². The van der Waals surface area contributed by atoms with Crippen LogP contribution in [0.4, 0.5) is 9.52 Å². The Morgan fingerprint density at radius 1 is 1.18 bits per heavy atom. The van der Waals surface area contributed by atoms with Crippen LogP contribution < -0.4 is 5.32 Å². The number of anilines is 1. The number of sulfonamides is 1. The van der Waals surface area contributed by atoms with E-state index >= 15 is 0 Å². The predicted molar refractivity (Wildman–Crippen MR) is 108 cm³/mol. The highest BCUT2D eigenvalue weighted by Gasteiger charge is 2.32. The average Bonchev–Trinajstić information content (AvgIpc) is 3.42. The third kappa shape index (κ3) is 3.72. The molecule has 2 aromatic heterocycles. The van der Waals surface area contributed by atoms with Crippen LogP contribution in [0.5, 0.6) is 0 Å². The summed E-state index contributed by atoms with van der Waals surface area (Å²) in [7, 11) is -3.68. The van der Waals surface area contributed by atoms with Gasteiger partial charge in [0.1, 0.15) is 15.6 Å². The number of nitrogens with one attached hydrogen (secondary N) is 1. The molecule has 0 bridgehead atoms. The first kappa shape index (κ1) is 19.2. The lowest BCUT2D eigenvalue weighted by Crippen LogP contribution is -2.29. The smallest absolute Gasteiger partial charge is 0.268 e. The Hall–Kier alpha value is -2.14. The van der Waals surface area contributed by atoms with Gasteiger partial charge in [0.05, 0.1) is 5.69 Å². The molecule has 1 amide bonds. The second-order valence-corrected chi connectivity index (χ2v) is 9.91. The van der Waals surface area contributed by atoms with E-state index < -0.39 is 15.9 Å². The van der Waals surface area contributed by atoms with Crippen molar-refractivity contribution in [3.8, 4) is 11.3 Å². The van der Waals surface area contributed by atoms with Crippen LogP contribution in [0, 0.1) is 5.82 Å². The van der Waals surface area contributed by atoms with Gasteiger partial charge in [-0.2, -0.15) is 4.31 Å². The summed E-state index contributed by atoms with van der Waals surface area (Å²) in [6.45, 7) is 0.950. The number of hydrogen-bond donors (Lipinski definition) is 1. The standard InChI is InChI=1S/C18H16FN3O3S3/c19-13-5-3-4-12(10-13)14-11-27-18(20-14)21-17(23)16-15(6-9-26-16)28(24,25)22-7-1-2-8-22/h3-6,9-11H,1-2,7-8H2,(H,20,21,23). The summed E-state index contributed by atoms with van der Waals surface area (Å²) in [5, 5.41) is 6.28. The Labute approximate surface area is 169 Å². The van der Waals surface area contributed by atoms with Crippen LogP contribution in [0.3, 0.4) is 0 Å². The lowest BCUT2D eigenvalue weighted by molar-refractivity contribution is 0.102. The van der Waals surface area contributed by atoms with Gasteiger partial charge < -0.3 is 0 Å². The van der Waals surface area contributed by atoms with Crippen LogP contribution in [-0.4, -0.2) is 36.7 Å². The molecule has 6 nitrogen and oxygen atoms in total. The minimum Gasteiger partial charge on any atom is -0.297 e. The fourth-order valence-electron chi connectivity index (χ4n) is 3.00. The molecule has 0 atom stereocenters. The SMILES string of the molecule is O=C(Nc1nc(-c2cccc(F)c2)cs1)c1sccc1S(=O)(=O)N1CCCC1. The molecular formula is C18H16FN3O3S3. The van der Waals surface area contributed by atoms with Gasteiger partial charge in [0.15, 0.2) is 5.13 Å². The van der Waals surface area contributed by atoms with Gasteiger partial charge in [0, 0.05) is 24.0 Å². The highest BCUT2D eigenvalue weighted by Crippen LogP contribution is 2.30. The molecule has 146 valence electrons. The lowest BCUT2D eigenvalue weighted by Gasteiger charge is -2.15. The van der Waals surface area contributed by atoms with Gasteiger partial charge in [-0.1, -0.05) is 12.1 Å². The van der Waals surface area contributed by atoms with Crippen LogP contribution in [0.2, 0.25) is 0 Å². The molecule has 1 aliphatic heterocycles. The number of rotatable bonds is 5. The Morgan fingerprint density at radius 3 is 2.71 bits per heavy atom.